The number of benzene rings is 1. The number of hydrogen-bond acceptors (Lipinski definition) is 3. The summed E-state index contributed by atoms with van der Waals surface area (Å²) in [6.45, 7) is 10.6. The molecule has 1 aromatic rings. The molecule has 0 bridgehead atoms. The molecule has 19 heavy (non-hydrogen) atoms. The first-order chi connectivity index (χ1) is 9.25. The van der Waals surface area contributed by atoms with Crippen LogP contribution >= 0.6 is 0 Å². The molecule has 0 aliphatic rings. The highest BCUT2D eigenvalue weighted by Gasteiger charge is 2.05. The number of ether oxygens (including phenoxy) is 2. The van der Waals surface area contributed by atoms with Crippen LogP contribution in [0.15, 0.2) is 24.3 Å². The Kier molecular flexibility index (Phi) is 8.26. The van der Waals surface area contributed by atoms with Gasteiger partial charge in [-0.1, -0.05) is 32.0 Å². The number of hydrogen-bond donors (Lipinski definition) is 1. The fourth-order valence-corrected chi connectivity index (χ4v) is 1.89. The second-order valence-corrected chi connectivity index (χ2v) is 4.84. The lowest BCUT2D eigenvalue weighted by molar-refractivity contribution is 0.144. The van der Waals surface area contributed by atoms with Crippen LogP contribution in [0, 0.1) is 0 Å². The van der Waals surface area contributed by atoms with E-state index in [1.807, 2.05) is 19.1 Å². The van der Waals surface area contributed by atoms with Crippen molar-refractivity contribution in [2.75, 3.05) is 32.9 Å². The molecule has 3 heteroatoms. The Morgan fingerprint density at radius 3 is 2.63 bits per heavy atom. The van der Waals surface area contributed by atoms with Crippen molar-refractivity contribution in [2.45, 2.75) is 33.1 Å². The molecule has 0 saturated heterocycles. The summed E-state index contributed by atoms with van der Waals surface area (Å²) in [6.07, 6.45) is 1.05. The minimum absolute atomic E-state index is 0.496. The van der Waals surface area contributed by atoms with Crippen molar-refractivity contribution in [1.29, 1.82) is 0 Å². The molecule has 0 amide bonds. The maximum atomic E-state index is 5.83. The van der Waals surface area contributed by atoms with Crippen LogP contribution in [0.4, 0.5) is 0 Å². The summed E-state index contributed by atoms with van der Waals surface area (Å²) >= 11 is 0. The maximum Gasteiger partial charge on any atom is 0.122 e. The quantitative estimate of drug-likeness (QED) is 0.659. The van der Waals surface area contributed by atoms with Gasteiger partial charge >= 0.3 is 0 Å². The van der Waals surface area contributed by atoms with Crippen LogP contribution in [-0.4, -0.2) is 32.9 Å². The fourth-order valence-electron chi connectivity index (χ4n) is 1.89. The van der Waals surface area contributed by atoms with E-state index in [0.29, 0.717) is 12.5 Å². The molecule has 0 spiro atoms. The molecular formula is C16H27NO2. The number of rotatable bonds is 10. The lowest BCUT2D eigenvalue weighted by atomic mass is 10.0. The third kappa shape index (κ3) is 6.60. The smallest absolute Gasteiger partial charge is 0.122 e. The molecule has 1 N–H and O–H groups in total. The molecule has 1 aromatic carbocycles. The van der Waals surface area contributed by atoms with E-state index in [1.165, 1.54) is 5.56 Å². The Morgan fingerprint density at radius 2 is 1.89 bits per heavy atom. The lowest BCUT2D eigenvalue weighted by Gasteiger charge is -2.14. The molecular weight excluding hydrogens is 238 g/mol. The molecule has 1 rings (SSSR count). The Bertz CT molecular complexity index is 339. The number of para-hydroxylation sites is 1. The predicted octanol–water partition coefficient (Wildman–Crippen LogP) is 3.21. The third-order valence-corrected chi connectivity index (χ3v) is 2.92. The van der Waals surface area contributed by atoms with Crippen molar-refractivity contribution < 1.29 is 9.47 Å². The van der Waals surface area contributed by atoms with Gasteiger partial charge in [-0.05, 0) is 37.4 Å². The molecule has 0 radical (unpaired) electrons. The van der Waals surface area contributed by atoms with E-state index >= 15 is 0 Å². The van der Waals surface area contributed by atoms with Crippen molar-refractivity contribution in [2.24, 2.45) is 0 Å². The summed E-state index contributed by atoms with van der Waals surface area (Å²) in [7, 11) is 0. The summed E-state index contributed by atoms with van der Waals surface area (Å²) in [5.41, 5.74) is 1.28. The first-order valence-corrected chi connectivity index (χ1v) is 7.26. The van der Waals surface area contributed by atoms with E-state index in [4.69, 9.17) is 9.47 Å². The third-order valence-electron chi connectivity index (χ3n) is 2.92. The summed E-state index contributed by atoms with van der Waals surface area (Å²) in [5.74, 6) is 1.50. The van der Waals surface area contributed by atoms with Gasteiger partial charge in [0.15, 0.2) is 0 Å². The van der Waals surface area contributed by atoms with Crippen molar-refractivity contribution in [3.05, 3.63) is 29.8 Å². The van der Waals surface area contributed by atoms with E-state index in [-0.39, 0.29) is 0 Å². The van der Waals surface area contributed by atoms with Crippen LogP contribution < -0.4 is 10.1 Å². The summed E-state index contributed by atoms with van der Waals surface area (Å²) in [6, 6.07) is 8.27. The van der Waals surface area contributed by atoms with Gasteiger partial charge < -0.3 is 14.8 Å². The van der Waals surface area contributed by atoms with E-state index in [2.05, 4.69) is 31.3 Å². The standard InChI is InChI=1S/C16H27NO2/c1-4-18-12-7-10-17-11-13-19-16-9-6-5-8-15(16)14(2)3/h5-6,8-9,14,17H,4,7,10-13H2,1-3H3. The summed E-state index contributed by atoms with van der Waals surface area (Å²) in [5, 5.41) is 3.36. The largest absolute Gasteiger partial charge is 0.492 e. The second-order valence-electron chi connectivity index (χ2n) is 4.84. The van der Waals surface area contributed by atoms with Crippen LogP contribution in [0.3, 0.4) is 0 Å². The summed E-state index contributed by atoms with van der Waals surface area (Å²) < 4.78 is 11.1. The zero-order valence-electron chi connectivity index (χ0n) is 12.4. The van der Waals surface area contributed by atoms with E-state index in [0.717, 1.165) is 38.5 Å². The second kappa shape index (κ2) is 9.82. The predicted molar refractivity (Wildman–Crippen MR) is 80.0 cm³/mol. The molecule has 0 unspecified atom stereocenters. The molecule has 0 atom stereocenters. The van der Waals surface area contributed by atoms with E-state index < -0.39 is 0 Å². The van der Waals surface area contributed by atoms with Crippen LogP contribution in [0.25, 0.3) is 0 Å². The van der Waals surface area contributed by atoms with Crippen LogP contribution in [0.2, 0.25) is 0 Å². The van der Waals surface area contributed by atoms with E-state index in [1.54, 1.807) is 0 Å². The van der Waals surface area contributed by atoms with E-state index in [9.17, 15) is 0 Å². The normalized spacial score (nSPS) is 10.9. The van der Waals surface area contributed by atoms with Crippen molar-refractivity contribution in [3.63, 3.8) is 0 Å². The van der Waals surface area contributed by atoms with Gasteiger partial charge in [0.2, 0.25) is 0 Å². The SMILES string of the molecule is CCOCCCNCCOc1ccccc1C(C)C. The minimum atomic E-state index is 0.496. The first kappa shape index (κ1) is 16.0. The van der Waals surface area contributed by atoms with Crippen LogP contribution in [-0.2, 0) is 4.74 Å². The zero-order valence-corrected chi connectivity index (χ0v) is 12.4. The van der Waals surface area contributed by atoms with Crippen molar-refractivity contribution in [3.8, 4) is 5.75 Å². The Hall–Kier alpha value is -1.06. The Morgan fingerprint density at radius 1 is 1.11 bits per heavy atom. The Balaban J connectivity index is 2.16. The Labute approximate surface area is 117 Å². The summed E-state index contributed by atoms with van der Waals surface area (Å²) in [4.78, 5) is 0. The van der Waals surface area contributed by atoms with Gasteiger partial charge in [-0.3, -0.25) is 0 Å². The average Bonchev–Trinajstić information content (AvgIpc) is 2.42. The molecule has 108 valence electrons. The first-order valence-electron chi connectivity index (χ1n) is 7.26. The van der Waals surface area contributed by atoms with Gasteiger partial charge in [-0.2, -0.15) is 0 Å². The lowest BCUT2D eigenvalue weighted by Crippen LogP contribution is -2.23. The molecule has 0 fully saturated rings. The molecule has 0 aliphatic carbocycles. The average molecular weight is 265 g/mol. The van der Waals surface area contributed by atoms with Gasteiger partial charge in [0.25, 0.3) is 0 Å². The number of nitrogens with one attached hydrogen (secondary N) is 1. The van der Waals surface area contributed by atoms with Gasteiger partial charge in [-0.25, -0.2) is 0 Å². The van der Waals surface area contributed by atoms with Crippen LogP contribution in [0.1, 0.15) is 38.7 Å². The molecule has 0 aliphatic heterocycles. The monoisotopic (exact) mass is 265 g/mol. The highest BCUT2D eigenvalue weighted by atomic mass is 16.5. The molecule has 0 aromatic heterocycles. The highest BCUT2D eigenvalue weighted by molar-refractivity contribution is 5.35. The van der Waals surface area contributed by atoms with Gasteiger partial charge in [0, 0.05) is 19.8 Å². The molecule has 3 nitrogen and oxygen atoms in total. The van der Waals surface area contributed by atoms with Crippen molar-refractivity contribution >= 4 is 0 Å². The van der Waals surface area contributed by atoms with Gasteiger partial charge in [0.1, 0.15) is 12.4 Å². The van der Waals surface area contributed by atoms with Crippen LogP contribution in [0.5, 0.6) is 5.75 Å². The topological polar surface area (TPSA) is 30.5 Å². The fraction of sp³-hybridized carbons (Fsp3) is 0.625. The van der Waals surface area contributed by atoms with Gasteiger partial charge in [-0.15, -0.1) is 0 Å². The minimum Gasteiger partial charge on any atom is -0.492 e. The van der Waals surface area contributed by atoms with Crippen molar-refractivity contribution in [1.82, 2.24) is 5.32 Å². The zero-order chi connectivity index (χ0) is 13.9. The maximum absolute atomic E-state index is 5.83. The molecule has 0 heterocycles. The highest BCUT2D eigenvalue weighted by Crippen LogP contribution is 2.25. The van der Waals surface area contributed by atoms with Gasteiger partial charge in [0.05, 0.1) is 0 Å². The molecule has 0 saturated carbocycles.